The molecule has 4 atom stereocenters. The van der Waals surface area contributed by atoms with Crippen molar-refractivity contribution < 1.29 is 14.6 Å². The highest BCUT2D eigenvalue weighted by molar-refractivity contribution is 5.66. The van der Waals surface area contributed by atoms with Crippen molar-refractivity contribution in [1.82, 2.24) is 0 Å². The maximum absolute atomic E-state index is 10.9. The highest BCUT2D eigenvalue weighted by Gasteiger charge is 2.54. The van der Waals surface area contributed by atoms with E-state index in [1.807, 2.05) is 6.08 Å². The zero-order valence-electron chi connectivity index (χ0n) is 16.9. The highest BCUT2D eigenvalue weighted by Crippen LogP contribution is 2.60. The number of hydrogen-bond acceptors (Lipinski definition) is 3. The molecule has 0 aromatic rings. The van der Waals surface area contributed by atoms with E-state index in [2.05, 4.69) is 40.7 Å². The van der Waals surface area contributed by atoms with Gasteiger partial charge in [-0.1, -0.05) is 38.0 Å². The lowest BCUT2D eigenvalue weighted by Crippen LogP contribution is -2.54. The molecule has 0 spiro atoms. The Hall–Kier alpha value is -1.09. The second-order valence-corrected chi connectivity index (χ2v) is 9.06. The van der Waals surface area contributed by atoms with Gasteiger partial charge in [0.1, 0.15) is 6.61 Å². The van der Waals surface area contributed by atoms with E-state index in [1.54, 1.807) is 0 Å². The van der Waals surface area contributed by atoms with Gasteiger partial charge in [0.25, 0.3) is 0 Å². The van der Waals surface area contributed by atoms with Gasteiger partial charge in [-0.2, -0.15) is 0 Å². The van der Waals surface area contributed by atoms with Gasteiger partial charge in [0.2, 0.25) is 0 Å². The Kier molecular flexibility index (Phi) is 6.19. The van der Waals surface area contributed by atoms with Gasteiger partial charge in [-0.15, -0.1) is 0 Å². The molecule has 4 unspecified atom stereocenters. The molecule has 0 bridgehead atoms. The molecule has 0 aliphatic heterocycles. The molecule has 0 radical (unpaired) electrons. The number of ether oxygens (including phenoxy) is 1. The fourth-order valence-corrected chi connectivity index (χ4v) is 5.36. The van der Waals surface area contributed by atoms with Gasteiger partial charge in [0.05, 0.1) is 6.10 Å². The van der Waals surface area contributed by atoms with Crippen LogP contribution >= 0.6 is 0 Å². The van der Waals surface area contributed by atoms with Crippen LogP contribution in [0.3, 0.4) is 0 Å². The van der Waals surface area contributed by atoms with Crippen molar-refractivity contribution in [3.8, 4) is 0 Å². The fourth-order valence-electron chi connectivity index (χ4n) is 5.36. The van der Waals surface area contributed by atoms with Crippen LogP contribution in [0.2, 0.25) is 0 Å². The van der Waals surface area contributed by atoms with Crippen molar-refractivity contribution in [3.05, 3.63) is 23.3 Å². The number of aliphatic hydroxyl groups excluding tert-OH is 1. The van der Waals surface area contributed by atoms with E-state index in [0.29, 0.717) is 18.4 Å². The molecule has 1 fully saturated rings. The number of fused-ring (bicyclic) bond motifs is 1. The summed E-state index contributed by atoms with van der Waals surface area (Å²) < 4.78 is 5.02. The number of hydrogen-bond donors (Lipinski definition) is 1. The summed E-state index contributed by atoms with van der Waals surface area (Å²) in [5, 5.41) is 10.5. The van der Waals surface area contributed by atoms with Gasteiger partial charge in [-0.3, -0.25) is 4.79 Å². The van der Waals surface area contributed by atoms with Crippen molar-refractivity contribution in [3.63, 3.8) is 0 Å². The van der Waals surface area contributed by atoms with Gasteiger partial charge in [0, 0.05) is 6.92 Å². The van der Waals surface area contributed by atoms with E-state index in [4.69, 9.17) is 4.74 Å². The van der Waals surface area contributed by atoms with Crippen LogP contribution in [0.15, 0.2) is 23.3 Å². The van der Waals surface area contributed by atoms with Crippen LogP contribution in [-0.4, -0.2) is 23.8 Å². The summed E-state index contributed by atoms with van der Waals surface area (Å²) in [5.41, 5.74) is 3.04. The lowest BCUT2D eigenvalue weighted by atomic mass is 9.47. The summed E-state index contributed by atoms with van der Waals surface area (Å²) >= 11 is 0. The number of carbonyl (C=O) groups excluding carboxylic acids is 1. The Labute approximate surface area is 153 Å². The standard InChI is InChI=1S/C22H36O3/c1-15(12-14-25-17(3)23)7-9-18-16(2)8-10-19-21(4,5)20(24)11-13-22(18,19)6/h8,12,18-20,24H,7,9-11,13-14H2,1-6H3. The molecule has 1 N–H and O–H groups in total. The van der Waals surface area contributed by atoms with E-state index in [1.165, 1.54) is 18.1 Å². The number of carbonyl (C=O) groups is 1. The van der Waals surface area contributed by atoms with Crippen LogP contribution in [0.5, 0.6) is 0 Å². The largest absolute Gasteiger partial charge is 0.462 e. The van der Waals surface area contributed by atoms with Gasteiger partial charge in [-0.05, 0) is 74.7 Å². The molecule has 0 aromatic carbocycles. The molecule has 142 valence electrons. The van der Waals surface area contributed by atoms with E-state index < -0.39 is 0 Å². The third-order valence-electron chi connectivity index (χ3n) is 7.08. The third-order valence-corrected chi connectivity index (χ3v) is 7.08. The minimum Gasteiger partial charge on any atom is -0.462 e. The number of aliphatic hydroxyl groups is 1. The summed E-state index contributed by atoms with van der Waals surface area (Å²) in [6.45, 7) is 13.2. The molecule has 2 aliphatic rings. The first-order valence-electron chi connectivity index (χ1n) is 9.72. The Morgan fingerprint density at radius 1 is 1.36 bits per heavy atom. The Morgan fingerprint density at radius 2 is 2.04 bits per heavy atom. The van der Waals surface area contributed by atoms with Crippen LogP contribution in [-0.2, 0) is 9.53 Å². The third kappa shape index (κ3) is 4.19. The van der Waals surface area contributed by atoms with Gasteiger partial charge in [0.15, 0.2) is 0 Å². The first kappa shape index (κ1) is 20.2. The lowest BCUT2D eigenvalue weighted by molar-refractivity contribution is -0.139. The summed E-state index contributed by atoms with van der Waals surface area (Å²) in [7, 11) is 0. The van der Waals surface area contributed by atoms with E-state index >= 15 is 0 Å². The van der Waals surface area contributed by atoms with Crippen molar-refractivity contribution >= 4 is 5.97 Å². The molecule has 0 saturated heterocycles. The van der Waals surface area contributed by atoms with Crippen molar-refractivity contribution in [2.24, 2.45) is 22.7 Å². The maximum Gasteiger partial charge on any atom is 0.302 e. The normalized spacial score (nSPS) is 34.9. The molecule has 0 amide bonds. The predicted octanol–water partition coefficient (Wildman–Crippen LogP) is 5.05. The van der Waals surface area contributed by atoms with Crippen molar-refractivity contribution in [2.75, 3.05) is 6.61 Å². The minimum absolute atomic E-state index is 0.0251. The van der Waals surface area contributed by atoms with Crippen LogP contribution in [0.1, 0.15) is 73.6 Å². The van der Waals surface area contributed by atoms with E-state index in [0.717, 1.165) is 32.1 Å². The lowest BCUT2D eigenvalue weighted by Gasteiger charge is -2.58. The second kappa shape index (κ2) is 7.65. The summed E-state index contributed by atoms with van der Waals surface area (Å²) in [6, 6.07) is 0. The zero-order valence-corrected chi connectivity index (χ0v) is 16.9. The first-order valence-corrected chi connectivity index (χ1v) is 9.72. The first-order chi connectivity index (χ1) is 11.6. The van der Waals surface area contributed by atoms with Crippen LogP contribution in [0, 0.1) is 22.7 Å². The summed E-state index contributed by atoms with van der Waals surface area (Å²) in [4.78, 5) is 10.9. The quantitative estimate of drug-likeness (QED) is 0.559. The smallest absolute Gasteiger partial charge is 0.302 e. The topological polar surface area (TPSA) is 46.5 Å². The van der Waals surface area contributed by atoms with Gasteiger partial charge in [-0.25, -0.2) is 0 Å². The average Bonchev–Trinajstić information content (AvgIpc) is 2.50. The molecule has 3 heteroatoms. The van der Waals surface area contributed by atoms with Crippen LogP contribution in [0.4, 0.5) is 0 Å². The van der Waals surface area contributed by atoms with Crippen molar-refractivity contribution in [1.29, 1.82) is 0 Å². The molecule has 0 heterocycles. The molecule has 3 nitrogen and oxygen atoms in total. The van der Waals surface area contributed by atoms with Crippen LogP contribution in [0.25, 0.3) is 0 Å². The monoisotopic (exact) mass is 348 g/mol. The SMILES string of the molecule is CC(=O)OCC=C(C)CCC1C(C)=CCC2C(C)(C)C(O)CCC12C. The second-order valence-electron chi connectivity index (χ2n) is 9.06. The maximum atomic E-state index is 10.9. The van der Waals surface area contributed by atoms with E-state index in [-0.39, 0.29) is 22.9 Å². The Morgan fingerprint density at radius 3 is 2.68 bits per heavy atom. The molecule has 2 aliphatic carbocycles. The molecular weight excluding hydrogens is 312 g/mol. The van der Waals surface area contributed by atoms with Gasteiger partial charge < -0.3 is 9.84 Å². The predicted molar refractivity (Wildman–Crippen MR) is 102 cm³/mol. The minimum atomic E-state index is -0.228. The van der Waals surface area contributed by atoms with Crippen LogP contribution < -0.4 is 0 Å². The Balaban J connectivity index is 2.10. The molecular formula is C22H36O3. The molecule has 25 heavy (non-hydrogen) atoms. The van der Waals surface area contributed by atoms with Gasteiger partial charge >= 0.3 is 5.97 Å². The number of esters is 1. The number of rotatable bonds is 5. The molecule has 1 saturated carbocycles. The average molecular weight is 349 g/mol. The summed E-state index contributed by atoms with van der Waals surface area (Å²) in [5.74, 6) is 0.867. The fraction of sp³-hybridized carbons (Fsp3) is 0.773. The number of allylic oxidation sites excluding steroid dienone is 3. The highest BCUT2D eigenvalue weighted by atomic mass is 16.5. The van der Waals surface area contributed by atoms with Crippen molar-refractivity contribution in [2.45, 2.75) is 79.8 Å². The molecule has 2 rings (SSSR count). The van der Waals surface area contributed by atoms with E-state index in [9.17, 15) is 9.90 Å². The zero-order chi connectivity index (χ0) is 18.8. The Bertz CT molecular complexity index is 558. The summed E-state index contributed by atoms with van der Waals surface area (Å²) in [6.07, 6.45) is 9.51. The molecule has 0 aromatic heterocycles.